The highest BCUT2D eigenvalue weighted by atomic mass is 32.2. The molecule has 2 heterocycles. The monoisotopic (exact) mass is 254 g/mol. The number of hydrogen-bond donors (Lipinski definition) is 1. The number of aromatic nitrogens is 3. The van der Waals surface area contributed by atoms with Crippen molar-refractivity contribution in [3.63, 3.8) is 0 Å². The number of aryl methyl sites for hydroxylation is 1. The second-order valence-electron chi connectivity index (χ2n) is 3.09. The van der Waals surface area contributed by atoms with E-state index < -0.39 is 0 Å². The zero-order valence-electron chi connectivity index (χ0n) is 8.80. The number of carbonyl (C=O) groups is 1. The van der Waals surface area contributed by atoms with Gasteiger partial charge in [0.05, 0.1) is 10.4 Å². The minimum Gasteiger partial charge on any atom is -0.329 e. The van der Waals surface area contributed by atoms with Gasteiger partial charge < -0.3 is 9.88 Å². The van der Waals surface area contributed by atoms with Gasteiger partial charge in [-0.3, -0.25) is 4.79 Å². The summed E-state index contributed by atoms with van der Waals surface area (Å²) in [7, 11) is 1.94. The van der Waals surface area contributed by atoms with Crippen LogP contribution < -0.4 is 5.32 Å². The Balaban J connectivity index is 2.08. The van der Waals surface area contributed by atoms with Crippen molar-refractivity contribution >= 4 is 34.1 Å². The van der Waals surface area contributed by atoms with Crippen molar-refractivity contribution in [3.05, 3.63) is 18.6 Å². The van der Waals surface area contributed by atoms with Crippen molar-refractivity contribution < 1.29 is 4.79 Å². The van der Waals surface area contributed by atoms with Crippen molar-refractivity contribution in [2.75, 3.05) is 5.32 Å². The molecule has 84 valence electrons. The quantitative estimate of drug-likeness (QED) is 0.910. The van der Waals surface area contributed by atoms with Crippen LogP contribution in [0.5, 0.6) is 0 Å². The predicted molar refractivity (Wildman–Crippen MR) is 63.7 cm³/mol. The van der Waals surface area contributed by atoms with Gasteiger partial charge >= 0.3 is 0 Å². The molecule has 0 aliphatic carbocycles. The largest absolute Gasteiger partial charge is 0.329 e. The Morgan fingerprint density at radius 3 is 3.00 bits per heavy atom. The van der Waals surface area contributed by atoms with Gasteiger partial charge in [-0.15, -0.1) is 0 Å². The standard InChI is InChI=1S/C9H10N4OS2/c1-6(14)12-8-11-5-7(15-8)16-9-10-3-4-13(9)2/h3-5H,1-2H3,(H,11,12,14). The van der Waals surface area contributed by atoms with Gasteiger partial charge in [-0.25, -0.2) is 9.97 Å². The van der Waals surface area contributed by atoms with Gasteiger partial charge in [0.2, 0.25) is 5.91 Å². The fraction of sp³-hybridized carbons (Fsp3) is 0.222. The summed E-state index contributed by atoms with van der Waals surface area (Å²) < 4.78 is 2.93. The van der Waals surface area contributed by atoms with E-state index in [2.05, 4.69) is 15.3 Å². The van der Waals surface area contributed by atoms with Crippen molar-refractivity contribution in [3.8, 4) is 0 Å². The third-order valence-electron chi connectivity index (χ3n) is 1.74. The van der Waals surface area contributed by atoms with Crippen molar-refractivity contribution in [1.29, 1.82) is 0 Å². The maximum Gasteiger partial charge on any atom is 0.223 e. The first kappa shape index (κ1) is 11.2. The molecule has 0 spiro atoms. The Morgan fingerprint density at radius 1 is 1.56 bits per heavy atom. The van der Waals surface area contributed by atoms with Crippen molar-refractivity contribution in [2.24, 2.45) is 7.05 Å². The van der Waals surface area contributed by atoms with Crippen LogP contribution in [0.1, 0.15) is 6.92 Å². The van der Waals surface area contributed by atoms with Gasteiger partial charge in [-0.2, -0.15) is 0 Å². The van der Waals surface area contributed by atoms with Crippen LogP contribution in [-0.4, -0.2) is 20.4 Å². The van der Waals surface area contributed by atoms with Gasteiger partial charge in [0.1, 0.15) is 0 Å². The number of nitrogens with one attached hydrogen (secondary N) is 1. The molecule has 16 heavy (non-hydrogen) atoms. The number of amides is 1. The fourth-order valence-corrected chi connectivity index (χ4v) is 2.88. The van der Waals surface area contributed by atoms with Crippen LogP contribution in [0, 0.1) is 0 Å². The Labute approximate surface area is 101 Å². The van der Waals surface area contributed by atoms with E-state index in [1.54, 1.807) is 12.4 Å². The zero-order valence-corrected chi connectivity index (χ0v) is 10.4. The number of nitrogens with zero attached hydrogens (tertiary/aromatic N) is 3. The molecule has 0 aliphatic rings. The molecule has 2 rings (SSSR count). The molecule has 1 amide bonds. The van der Waals surface area contributed by atoms with Crippen LogP contribution in [0.25, 0.3) is 0 Å². The lowest BCUT2D eigenvalue weighted by molar-refractivity contribution is -0.114. The molecule has 0 unspecified atom stereocenters. The normalized spacial score (nSPS) is 10.4. The smallest absolute Gasteiger partial charge is 0.223 e. The number of anilines is 1. The molecular formula is C9H10N4OS2. The molecule has 1 N–H and O–H groups in total. The van der Waals surface area contributed by atoms with Gasteiger partial charge in [0.25, 0.3) is 0 Å². The molecule has 0 atom stereocenters. The highest BCUT2D eigenvalue weighted by Crippen LogP contribution is 2.32. The summed E-state index contributed by atoms with van der Waals surface area (Å²) in [6, 6.07) is 0. The number of hydrogen-bond acceptors (Lipinski definition) is 5. The molecule has 2 aromatic heterocycles. The highest BCUT2D eigenvalue weighted by molar-refractivity contribution is 8.01. The van der Waals surface area contributed by atoms with Crippen LogP contribution in [0.15, 0.2) is 28.0 Å². The van der Waals surface area contributed by atoms with Crippen molar-refractivity contribution in [1.82, 2.24) is 14.5 Å². The van der Waals surface area contributed by atoms with Gasteiger partial charge in [0.15, 0.2) is 10.3 Å². The van der Waals surface area contributed by atoms with E-state index in [1.165, 1.54) is 30.0 Å². The van der Waals surface area contributed by atoms with E-state index in [1.807, 2.05) is 17.8 Å². The lowest BCUT2D eigenvalue weighted by Gasteiger charge is -1.97. The lowest BCUT2D eigenvalue weighted by Crippen LogP contribution is -2.04. The molecule has 0 radical (unpaired) electrons. The molecule has 0 saturated heterocycles. The summed E-state index contributed by atoms with van der Waals surface area (Å²) in [6.07, 6.45) is 5.37. The zero-order chi connectivity index (χ0) is 11.5. The van der Waals surface area contributed by atoms with Crippen LogP contribution in [0.3, 0.4) is 0 Å². The SMILES string of the molecule is CC(=O)Nc1ncc(Sc2nccn2C)s1. The maximum atomic E-state index is 10.8. The second-order valence-corrected chi connectivity index (χ2v) is 5.39. The molecule has 0 fully saturated rings. The Bertz CT molecular complexity index is 505. The number of carbonyl (C=O) groups excluding carboxylic acids is 1. The first-order valence-corrected chi connectivity index (χ1v) is 6.17. The van der Waals surface area contributed by atoms with Crippen LogP contribution in [-0.2, 0) is 11.8 Å². The Morgan fingerprint density at radius 2 is 2.38 bits per heavy atom. The summed E-state index contributed by atoms with van der Waals surface area (Å²) in [5.41, 5.74) is 0. The molecule has 0 aliphatic heterocycles. The summed E-state index contributed by atoms with van der Waals surface area (Å²) in [5.74, 6) is -0.108. The van der Waals surface area contributed by atoms with Gasteiger partial charge in [0, 0.05) is 26.4 Å². The summed E-state index contributed by atoms with van der Waals surface area (Å²) in [5, 5.41) is 4.16. The molecule has 5 nitrogen and oxygen atoms in total. The number of thiazole rings is 1. The van der Waals surface area contributed by atoms with Crippen molar-refractivity contribution in [2.45, 2.75) is 16.3 Å². The van der Waals surface area contributed by atoms with Crippen LogP contribution in [0.4, 0.5) is 5.13 Å². The second kappa shape index (κ2) is 4.67. The first-order chi connectivity index (χ1) is 7.65. The topological polar surface area (TPSA) is 59.8 Å². The first-order valence-electron chi connectivity index (χ1n) is 4.54. The predicted octanol–water partition coefficient (Wildman–Crippen LogP) is 1.99. The highest BCUT2D eigenvalue weighted by Gasteiger charge is 2.07. The minimum atomic E-state index is -0.108. The molecular weight excluding hydrogens is 244 g/mol. The Hall–Kier alpha value is -1.34. The Kier molecular flexibility index (Phi) is 3.25. The van der Waals surface area contributed by atoms with Crippen LogP contribution in [0.2, 0.25) is 0 Å². The number of imidazole rings is 1. The summed E-state index contributed by atoms with van der Waals surface area (Å²) >= 11 is 2.96. The summed E-state index contributed by atoms with van der Waals surface area (Å²) in [6.45, 7) is 1.47. The average Bonchev–Trinajstić information content (AvgIpc) is 2.77. The van der Waals surface area contributed by atoms with E-state index in [0.717, 1.165) is 9.37 Å². The third kappa shape index (κ3) is 2.61. The molecule has 0 aromatic carbocycles. The van der Waals surface area contributed by atoms with Gasteiger partial charge in [-0.05, 0) is 11.8 Å². The molecule has 2 aromatic rings. The fourth-order valence-electron chi connectivity index (χ4n) is 1.06. The molecule has 0 saturated carbocycles. The van der Waals surface area contributed by atoms with E-state index >= 15 is 0 Å². The van der Waals surface area contributed by atoms with E-state index in [0.29, 0.717) is 5.13 Å². The summed E-state index contributed by atoms with van der Waals surface area (Å²) in [4.78, 5) is 19.1. The maximum absolute atomic E-state index is 10.8. The van der Waals surface area contributed by atoms with E-state index in [9.17, 15) is 4.79 Å². The third-order valence-corrected chi connectivity index (χ3v) is 3.83. The average molecular weight is 254 g/mol. The number of rotatable bonds is 3. The lowest BCUT2D eigenvalue weighted by atomic mass is 10.7. The minimum absolute atomic E-state index is 0.108. The van der Waals surface area contributed by atoms with Gasteiger partial charge in [-0.1, -0.05) is 11.3 Å². The molecule has 0 bridgehead atoms. The molecule has 7 heteroatoms. The van der Waals surface area contributed by atoms with E-state index in [-0.39, 0.29) is 5.91 Å². The van der Waals surface area contributed by atoms with Crippen LogP contribution >= 0.6 is 23.1 Å². The van der Waals surface area contributed by atoms with E-state index in [4.69, 9.17) is 0 Å².